The summed E-state index contributed by atoms with van der Waals surface area (Å²) in [6.45, 7) is 0.205. The highest BCUT2D eigenvalue weighted by Crippen LogP contribution is 2.32. The molecule has 4 heteroatoms. The molecule has 1 heterocycles. The van der Waals surface area contributed by atoms with Crippen LogP contribution in [-0.2, 0) is 4.79 Å². The SMILES string of the molecule is C#CCOc1ccc(C2=CCCC(=O)N2C)c(Cl)c1. The van der Waals surface area contributed by atoms with E-state index in [-0.39, 0.29) is 12.5 Å². The van der Waals surface area contributed by atoms with Crippen molar-refractivity contribution in [3.63, 3.8) is 0 Å². The monoisotopic (exact) mass is 275 g/mol. The van der Waals surface area contributed by atoms with Crippen molar-refractivity contribution in [2.75, 3.05) is 13.7 Å². The number of rotatable bonds is 3. The van der Waals surface area contributed by atoms with E-state index in [9.17, 15) is 4.79 Å². The highest BCUT2D eigenvalue weighted by molar-refractivity contribution is 6.32. The van der Waals surface area contributed by atoms with Crippen molar-refractivity contribution < 1.29 is 9.53 Å². The van der Waals surface area contributed by atoms with Crippen molar-refractivity contribution in [3.05, 3.63) is 34.9 Å². The summed E-state index contributed by atoms with van der Waals surface area (Å²) in [6.07, 6.45) is 8.43. The standard InChI is InChI=1S/C15H14ClNO2/c1-3-9-19-11-7-8-12(13(16)10-11)14-5-4-6-15(18)17(14)2/h1,5,7-8,10H,4,6,9H2,2H3. The van der Waals surface area contributed by atoms with Crippen LogP contribution in [0.3, 0.4) is 0 Å². The average Bonchev–Trinajstić information content (AvgIpc) is 2.40. The normalized spacial score (nSPS) is 14.9. The molecular weight excluding hydrogens is 262 g/mol. The second kappa shape index (κ2) is 5.81. The maximum Gasteiger partial charge on any atom is 0.227 e. The van der Waals surface area contributed by atoms with E-state index in [0.29, 0.717) is 17.2 Å². The Morgan fingerprint density at radius 3 is 3.00 bits per heavy atom. The van der Waals surface area contributed by atoms with E-state index in [4.69, 9.17) is 22.8 Å². The first-order chi connectivity index (χ1) is 9.13. The number of amides is 1. The number of carbonyl (C=O) groups is 1. The molecule has 1 aliphatic rings. The quantitative estimate of drug-likeness (QED) is 0.794. The van der Waals surface area contributed by atoms with Gasteiger partial charge in [0.25, 0.3) is 0 Å². The largest absolute Gasteiger partial charge is 0.481 e. The van der Waals surface area contributed by atoms with Crippen LogP contribution in [0.1, 0.15) is 18.4 Å². The number of halogens is 1. The van der Waals surface area contributed by atoms with Gasteiger partial charge in [0.2, 0.25) is 5.91 Å². The Morgan fingerprint density at radius 1 is 1.53 bits per heavy atom. The second-order valence-corrected chi connectivity index (χ2v) is 4.62. The van der Waals surface area contributed by atoms with E-state index in [0.717, 1.165) is 17.7 Å². The maximum atomic E-state index is 11.7. The number of terminal acetylenes is 1. The van der Waals surface area contributed by atoms with Crippen LogP contribution in [0, 0.1) is 12.3 Å². The van der Waals surface area contributed by atoms with Gasteiger partial charge >= 0.3 is 0 Å². The summed E-state index contributed by atoms with van der Waals surface area (Å²) in [5.41, 5.74) is 1.66. The third kappa shape index (κ3) is 2.91. The number of carbonyl (C=O) groups excluding carboxylic acids is 1. The Kier molecular flexibility index (Phi) is 4.13. The van der Waals surface area contributed by atoms with E-state index in [1.54, 1.807) is 24.1 Å². The van der Waals surface area contributed by atoms with Crippen LogP contribution in [0.25, 0.3) is 5.70 Å². The summed E-state index contributed by atoms with van der Waals surface area (Å²) in [4.78, 5) is 13.3. The fourth-order valence-electron chi connectivity index (χ4n) is 1.98. The lowest BCUT2D eigenvalue weighted by Crippen LogP contribution is -2.27. The highest BCUT2D eigenvalue weighted by Gasteiger charge is 2.20. The van der Waals surface area contributed by atoms with Crippen LogP contribution in [0.15, 0.2) is 24.3 Å². The molecule has 0 spiro atoms. The van der Waals surface area contributed by atoms with Gasteiger partial charge in [-0.25, -0.2) is 0 Å². The minimum atomic E-state index is 0.0984. The van der Waals surface area contributed by atoms with Crippen molar-refractivity contribution in [3.8, 4) is 18.1 Å². The molecule has 1 aromatic carbocycles. The molecule has 1 aromatic rings. The lowest BCUT2D eigenvalue weighted by molar-refractivity contribution is -0.127. The predicted molar refractivity (Wildman–Crippen MR) is 75.8 cm³/mol. The molecule has 1 aliphatic heterocycles. The molecule has 3 nitrogen and oxygen atoms in total. The summed E-state index contributed by atoms with van der Waals surface area (Å²) < 4.78 is 5.31. The van der Waals surface area contributed by atoms with Crippen molar-refractivity contribution in [1.29, 1.82) is 0 Å². The summed E-state index contributed by atoms with van der Waals surface area (Å²) in [5.74, 6) is 3.12. The molecule has 98 valence electrons. The second-order valence-electron chi connectivity index (χ2n) is 4.22. The smallest absolute Gasteiger partial charge is 0.227 e. The molecule has 0 aromatic heterocycles. The van der Waals surface area contributed by atoms with Crippen LogP contribution in [0.5, 0.6) is 5.75 Å². The molecule has 0 fully saturated rings. The first kappa shape index (κ1) is 13.5. The molecule has 0 radical (unpaired) electrons. The van der Waals surface area contributed by atoms with Crippen LogP contribution in [0.2, 0.25) is 5.02 Å². The molecule has 1 amide bonds. The fraction of sp³-hybridized carbons (Fsp3) is 0.267. The Bertz CT molecular complexity index is 572. The Balaban J connectivity index is 2.29. The zero-order chi connectivity index (χ0) is 13.8. The molecular formula is C15H14ClNO2. The van der Waals surface area contributed by atoms with Gasteiger partial charge in [-0.2, -0.15) is 0 Å². The minimum Gasteiger partial charge on any atom is -0.481 e. The maximum absolute atomic E-state index is 11.7. The fourth-order valence-corrected chi connectivity index (χ4v) is 2.25. The van der Waals surface area contributed by atoms with Gasteiger partial charge in [0.15, 0.2) is 0 Å². The summed E-state index contributed by atoms with van der Waals surface area (Å²) >= 11 is 6.24. The van der Waals surface area contributed by atoms with Crippen LogP contribution >= 0.6 is 11.6 Å². The summed E-state index contributed by atoms with van der Waals surface area (Å²) in [7, 11) is 1.76. The van der Waals surface area contributed by atoms with Gasteiger partial charge in [-0.1, -0.05) is 23.6 Å². The van der Waals surface area contributed by atoms with Gasteiger partial charge in [-0.3, -0.25) is 4.79 Å². The molecule has 0 N–H and O–H groups in total. The first-order valence-corrected chi connectivity index (χ1v) is 6.34. The Morgan fingerprint density at radius 2 is 2.32 bits per heavy atom. The van der Waals surface area contributed by atoms with E-state index in [1.807, 2.05) is 12.1 Å². The number of allylic oxidation sites excluding steroid dienone is 1. The average molecular weight is 276 g/mol. The first-order valence-electron chi connectivity index (χ1n) is 5.96. The number of ether oxygens (including phenoxy) is 1. The highest BCUT2D eigenvalue weighted by atomic mass is 35.5. The topological polar surface area (TPSA) is 29.5 Å². The zero-order valence-electron chi connectivity index (χ0n) is 10.6. The predicted octanol–water partition coefficient (Wildman–Crippen LogP) is 2.95. The van der Waals surface area contributed by atoms with Gasteiger partial charge in [-0.15, -0.1) is 6.42 Å². The number of nitrogens with zero attached hydrogens (tertiary/aromatic N) is 1. The van der Waals surface area contributed by atoms with Crippen molar-refractivity contribution in [2.45, 2.75) is 12.8 Å². The van der Waals surface area contributed by atoms with Crippen LogP contribution in [0.4, 0.5) is 0 Å². The Hall–Kier alpha value is -1.92. The lowest BCUT2D eigenvalue weighted by atomic mass is 10.0. The molecule has 2 rings (SSSR count). The summed E-state index contributed by atoms with van der Waals surface area (Å²) in [6, 6.07) is 5.35. The van der Waals surface area contributed by atoms with E-state index >= 15 is 0 Å². The molecule has 0 aliphatic carbocycles. The van der Waals surface area contributed by atoms with Crippen molar-refractivity contribution >= 4 is 23.2 Å². The van der Waals surface area contributed by atoms with E-state index in [1.165, 1.54) is 0 Å². The van der Waals surface area contributed by atoms with E-state index in [2.05, 4.69) is 5.92 Å². The molecule has 0 bridgehead atoms. The third-order valence-electron chi connectivity index (χ3n) is 2.97. The lowest BCUT2D eigenvalue weighted by Gasteiger charge is -2.25. The molecule has 19 heavy (non-hydrogen) atoms. The third-order valence-corrected chi connectivity index (χ3v) is 3.28. The van der Waals surface area contributed by atoms with Gasteiger partial charge in [0.1, 0.15) is 12.4 Å². The number of benzene rings is 1. The Labute approximate surface area is 117 Å². The molecule has 0 unspecified atom stereocenters. The van der Waals surface area contributed by atoms with E-state index < -0.39 is 0 Å². The van der Waals surface area contributed by atoms with Gasteiger partial charge in [0.05, 0.1) is 5.02 Å². The van der Waals surface area contributed by atoms with Crippen molar-refractivity contribution in [2.24, 2.45) is 0 Å². The van der Waals surface area contributed by atoms with Crippen LogP contribution in [-0.4, -0.2) is 24.5 Å². The van der Waals surface area contributed by atoms with Gasteiger partial charge in [0, 0.05) is 24.7 Å². The molecule has 0 atom stereocenters. The number of hydrogen-bond acceptors (Lipinski definition) is 2. The number of hydrogen-bond donors (Lipinski definition) is 0. The zero-order valence-corrected chi connectivity index (χ0v) is 11.4. The van der Waals surface area contributed by atoms with Crippen molar-refractivity contribution in [1.82, 2.24) is 4.90 Å². The molecule has 0 saturated carbocycles. The van der Waals surface area contributed by atoms with Gasteiger partial charge in [-0.05, 0) is 24.6 Å². The summed E-state index contributed by atoms with van der Waals surface area (Å²) in [5, 5.41) is 0.544. The van der Waals surface area contributed by atoms with Gasteiger partial charge < -0.3 is 9.64 Å². The molecule has 0 saturated heterocycles. The van der Waals surface area contributed by atoms with Crippen LogP contribution < -0.4 is 4.74 Å². The minimum absolute atomic E-state index is 0.0984.